The van der Waals surface area contributed by atoms with Crippen LogP contribution >= 0.6 is 0 Å². The van der Waals surface area contributed by atoms with E-state index in [1.54, 1.807) is 37.4 Å². The van der Waals surface area contributed by atoms with Gasteiger partial charge >= 0.3 is 0 Å². The molecule has 33 heavy (non-hydrogen) atoms. The molecule has 1 aliphatic rings. The summed E-state index contributed by atoms with van der Waals surface area (Å²) in [5.74, 6) is 0.456. The molecule has 172 valence electrons. The highest BCUT2D eigenvalue weighted by atomic mass is 32.2. The van der Waals surface area contributed by atoms with Gasteiger partial charge in [-0.05, 0) is 48.2 Å². The number of amides is 1. The van der Waals surface area contributed by atoms with Crippen molar-refractivity contribution >= 4 is 15.9 Å². The fourth-order valence-electron chi connectivity index (χ4n) is 4.16. The Morgan fingerprint density at radius 3 is 2.00 bits per heavy atom. The summed E-state index contributed by atoms with van der Waals surface area (Å²) < 4.78 is 32.5. The summed E-state index contributed by atoms with van der Waals surface area (Å²) >= 11 is 0. The fourth-order valence-corrected chi connectivity index (χ4v) is 5.65. The maximum absolute atomic E-state index is 13.2. The molecule has 6 nitrogen and oxygen atoms in total. The molecule has 1 fully saturated rings. The number of nitrogens with zero attached hydrogens (tertiary/aromatic N) is 1. The van der Waals surface area contributed by atoms with Gasteiger partial charge in [-0.15, -0.1) is 0 Å². The lowest BCUT2D eigenvalue weighted by atomic mass is 9.94. The van der Waals surface area contributed by atoms with Crippen LogP contribution in [0.1, 0.15) is 30.0 Å². The van der Waals surface area contributed by atoms with Crippen molar-refractivity contribution in [2.75, 3.05) is 20.2 Å². The van der Waals surface area contributed by atoms with E-state index in [2.05, 4.69) is 5.32 Å². The monoisotopic (exact) mass is 464 g/mol. The highest BCUT2D eigenvalue weighted by Gasteiger charge is 2.33. The predicted molar refractivity (Wildman–Crippen MR) is 127 cm³/mol. The molecule has 0 bridgehead atoms. The lowest BCUT2D eigenvalue weighted by Crippen LogP contribution is -2.43. The fraction of sp³-hybridized carbons (Fsp3) is 0.269. The van der Waals surface area contributed by atoms with Crippen LogP contribution in [0.3, 0.4) is 0 Å². The van der Waals surface area contributed by atoms with Crippen LogP contribution in [0.5, 0.6) is 5.75 Å². The van der Waals surface area contributed by atoms with Gasteiger partial charge in [0.25, 0.3) is 0 Å². The molecule has 1 amide bonds. The summed E-state index contributed by atoms with van der Waals surface area (Å²) in [4.78, 5) is 13.5. The number of hydrogen-bond acceptors (Lipinski definition) is 4. The van der Waals surface area contributed by atoms with Crippen molar-refractivity contribution in [1.29, 1.82) is 0 Å². The van der Waals surface area contributed by atoms with Crippen molar-refractivity contribution in [3.63, 3.8) is 0 Å². The Hall–Kier alpha value is -3.16. The summed E-state index contributed by atoms with van der Waals surface area (Å²) in [6, 6.07) is 25.6. The van der Waals surface area contributed by atoms with Gasteiger partial charge in [-0.25, -0.2) is 8.42 Å². The Bertz CT molecular complexity index is 1160. The third kappa shape index (κ3) is 5.26. The molecule has 0 spiro atoms. The van der Waals surface area contributed by atoms with Gasteiger partial charge in [0.05, 0.1) is 18.0 Å². The van der Waals surface area contributed by atoms with Gasteiger partial charge in [0.2, 0.25) is 15.9 Å². The van der Waals surface area contributed by atoms with Crippen LogP contribution in [0.25, 0.3) is 0 Å². The molecule has 0 saturated carbocycles. The molecular formula is C26H28N2O4S. The molecular weight excluding hydrogens is 436 g/mol. The first-order valence-corrected chi connectivity index (χ1v) is 12.5. The maximum atomic E-state index is 13.2. The van der Waals surface area contributed by atoms with E-state index < -0.39 is 10.0 Å². The van der Waals surface area contributed by atoms with Crippen molar-refractivity contribution < 1.29 is 17.9 Å². The lowest BCUT2D eigenvalue weighted by molar-refractivity contribution is -0.126. The van der Waals surface area contributed by atoms with Crippen LogP contribution in [-0.2, 0) is 14.8 Å². The zero-order valence-electron chi connectivity index (χ0n) is 18.6. The highest BCUT2D eigenvalue weighted by Crippen LogP contribution is 2.27. The van der Waals surface area contributed by atoms with Crippen LogP contribution in [0.4, 0.5) is 0 Å². The molecule has 7 heteroatoms. The van der Waals surface area contributed by atoms with Crippen molar-refractivity contribution in [3.8, 4) is 5.75 Å². The standard InChI is InChI=1S/C26H28N2O4S/c1-32-23-14-12-21(13-15-23)25(20-8-4-2-5-9-20)27-26(29)22-16-18-28(19-17-22)33(30,31)24-10-6-3-7-11-24/h2-15,22,25H,16-19H2,1H3,(H,27,29)/t25-/m1/s1. The minimum atomic E-state index is -3.54. The number of benzene rings is 3. The average molecular weight is 465 g/mol. The molecule has 1 saturated heterocycles. The number of carbonyl (C=O) groups excluding carboxylic acids is 1. The van der Waals surface area contributed by atoms with E-state index in [0.29, 0.717) is 25.9 Å². The largest absolute Gasteiger partial charge is 0.497 e. The second-order valence-electron chi connectivity index (χ2n) is 8.12. The topological polar surface area (TPSA) is 75.7 Å². The Balaban J connectivity index is 1.46. The van der Waals surface area contributed by atoms with Crippen molar-refractivity contribution in [2.24, 2.45) is 5.92 Å². The molecule has 0 aromatic heterocycles. The molecule has 1 N–H and O–H groups in total. The number of carbonyl (C=O) groups is 1. The first-order chi connectivity index (χ1) is 16.0. The molecule has 4 rings (SSSR count). The summed E-state index contributed by atoms with van der Waals surface area (Å²) in [6.45, 7) is 0.654. The second kappa shape index (κ2) is 10.2. The van der Waals surface area contributed by atoms with Gasteiger partial charge in [0.15, 0.2) is 0 Å². The third-order valence-electron chi connectivity index (χ3n) is 6.07. The molecule has 3 aromatic carbocycles. The number of nitrogens with one attached hydrogen (secondary N) is 1. The zero-order valence-corrected chi connectivity index (χ0v) is 19.4. The molecule has 3 aromatic rings. The van der Waals surface area contributed by atoms with Gasteiger partial charge in [0.1, 0.15) is 5.75 Å². The van der Waals surface area contributed by atoms with Gasteiger partial charge in [-0.3, -0.25) is 4.79 Å². The van der Waals surface area contributed by atoms with Crippen LogP contribution in [-0.4, -0.2) is 38.8 Å². The first-order valence-electron chi connectivity index (χ1n) is 11.0. The molecule has 0 aliphatic carbocycles. The van der Waals surface area contributed by atoms with E-state index in [1.807, 2.05) is 54.6 Å². The van der Waals surface area contributed by atoms with E-state index in [0.717, 1.165) is 16.9 Å². The zero-order chi connectivity index (χ0) is 23.3. The Morgan fingerprint density at radius 2 is 1.42 bits per heavy atom. The minimum Gasteiger partial charge on any atom is -0.497 e. The smallest absolute Gasteiger partial charge is 0.243 e. The number of methoxy groups -OCH3 is 1. The van der Waals surface area contributed by atoms with Gasteiger partial charge < -0.3 is 10.1 Å². The van der Waals surface area contributed by atoms with Gasteiger partial charge in [0, 0.05) is 19.0 Å². The van der Waals surface area contributed by atoms with Crippen LogP contribution in [0.15, 0.2) is 89.8 Å². The summed E-state index contributed by atoms with van der Waals surface area (Å²) in [5, 5.41) is 3.19. The van der Waals surface area contributed by atoms with Gasteiger partial charge in [-0.1, -0.05) is 60.7 Å². The second-order valence-corrected chi connectivity index (χ2v) is 10.1. The van der Waals surface area contributed by atoms with E-state index >= 15 is 0 Å². The Kier molecular flexibility index (Phi) is 7.11. The number of rotatable bonds is 7. The summed E-state index contributed by atoms with van der Waals surface area (Å²) in [5.41, 5.74) is 1.94. The predicted octanol–water partition coefficient (Wildman–Crippen LogP) is 4.00. The van der Waals surface area contributed by atoms with E-state index in [-0.39, 0.29) is 22.8 Å². The van der Waals surface area contributed by atoms with Crippen LogP contribution in [0, 0.1) is 5.92 Å². The highest BCUT2D eigenvalue weighted by molar-refractivity contribution is 7.89. The molecule has 0 radical (unpaired) electrons. The van der Waals surface area contributed by atoms with Crippen molar-refractivity contribution in [2.45, 2.75) is 23.8 Å². The van der Waals surface area contributed by atoms with E-state index in [1.165, 1.54) is 4.31 Å². The summed E-state index contributed by atoms with van der Waals surface area (Å²) in [7, 11) is -1.92. The lowest BCUT2D eigenvalue weighted by Gasteiger charge is -2.31. The van der Waals surface area contributed by atoms with Gasteiger partial charge in [-0.2, -0.15) is 4.31 Å². The third-order valence-corrected chi connectivity index (χ3v) is 7.99. The van der Waals surface area contributed by atoms with Crippen LogP contribution in [0.2, 0.25) is 0 Å². The minimum absolute atomic E-state index is 0.0589. The van der Waals surface area contributed by atoms with Crippen LogP contribution < -0.4 is 10.1 Å². The Morgan fingerprint density at radius 1 is 0.879 bits per heavy atom. The average Bonchev–Trinajstić information content (AvgIpc) is 2.88. The summed E-state index contributed by atoms with van der Waals surface area (Å²) in [6.07, 6.45) is 0.976. The molecule has 1 atom stereocenters. The maximum Gasteiger partial charge on any atom is 0.243 e. The number of hydrogen-bond donors (Lipinski definition) is 1. The normalized spacial score (nSPS) is 16.2. The number of ether oxygens (including phenoxy) is 1. The molecule has 1 aliphatic heterocycles. The van der Waals surface area contributed by atoms with Crippen molar-refractivity contribution in [3.05, 3.63) is 96.1 Å². The molecule has 1 heterocycles. The van der Waals surface area contributed by atoms with E-state index in [4.69, 9.17) is 4.74 Å². The number of piperidine rings is 1. The Labute approximate surface area is 195 Å². The van der Waals surface area contributed by atoms with Crippen molar-refractivity contribution in [1.82, 2.24) is 9.62 Å². The molecule has 0 unspecified atom stereocenters. The quantitative estimate of drug-likeness (QED) is 0.573. The number of sulfonamides is 1. The SMILES string of the molecule is COc1ccc([C@H](NC(=O)C2CCN(S(=O)(=O)c3ccccc3)CC2)c2ccccc2)cc1. The first kappa shape index (κ1) is 23.0. The van der Waals surface area contributed by atoms with E-state index in [9.17, 15) is 13.2 Å².